The molecule has 192 valence electrons. The van der Waals surface area contributed by atoms with Crippen molar-refractivity contribution in [2.45, 2.75) is 85.9 Å². The number of carbonyl (C=O) groups is 2. The van der Waals surface area contributed by atoms with E-state index in [9.17, 15) is 9.59 Å². The summed E-state index contributed by atoms with van der Waals surface area (Å²) >= 11 is 0. The number of carbonyl (C=O) groups excluding carboxylic acids is 2. The minimum Gasteiger partial charge on any atom is -0.490 e. The number of nitrogens with zero attached hydrogens (tertiary/aromatic N) is 1. The van der Waals surface area contributed by atoms with Crippen molar-refractivity contribution in [2.24, 2.45) is 0 Å². The van der Waals surface area contributed by atoms with Gasteiger partial charge in [0.15, 0.2) is 11.5 Å². The van der Waals surface area contributed by atoms with Crippen molar-refractivity contribution < 1.29 is 19.1 Å². The normalized spacial score (nSPS) is 12.5. The maximum Gasteiger partial charge on any atom is 0.243 e. The van der Waals surface area contributed by atoms with E-state index >= 15 is 0 Å². The highest BCUT2D eigenvalue weighted by atomic mass is 16.5. The quantitative estimate of drug-likeness (QED) is 0.389. The molecule has 1 N–H and O–H groups in total. The van der Waals surface area contributed by atoms with E-state index in [-0.39, 0.29) is 17.9 Å². The molecule has 6 heteroatoms. The van der Waals surface area contributed by atoms with E-state index in [2.05, 4.69) is 5.32 Å². The monoisotopic (exact) mass is 482 g/mol. The van der Waals surface area contributed by atoms with Gasteiger partial charge in [0, 0.05) is 19.0 Å². The molecule has 2 rings (SSSR count). The Kier molecular flexibility index (Phi) is 11.6. The standard InChI is InChI=1S/C29H42N2O4/c1-7-22(6)30-29(33)25(8-2)31(20-24-14-12-11-13-21(24)5)28(32)18-16-23-15-17-26(34-9-3)27(19-23)35-10-4/h11-15,17,19,22,25H,7-10,16,18,20H2,1-6H3,(H,30,33). The lowest BCUT2D eigenvalue weighted by Crippen LogP contribution is -2.50. The van der Waals surface area contributed by atoms with Gasteiger partial charge in [-0.05, 0) is 75.8 Å². The summed E-state index contributed by atoms with van der Waals surface area (Å²) in [5, 5.41) is 3.07. The van der Waals surface area contributed by atoms with Gasteiger partial charge in [0.1, 0.15) is 6.04 Å². The van der Waals surface area contributed by atoms with Crippen LogP contribution in [0.25, 0.3) is 0 Å². The predicted molar refractivity (Wildman–Crippen MR) is 141 cm³/mol. The number of amides is 2. The second-order valence-electron chi connectivity index (χ2n) is 8.84. The molecule has 0 heterocycles. The van der Waals surface area contributed by atoms with Gasteiger partial charge in [0.25, 0.3) is 0 Å². The average molecular weight is 483 g/mol. The molecule has 2 aromatic carbocycles. The van der Waals surface area contributed by atoms with E-state index in [1.165, 1.54) is 0 Å². The van der Waals surface area contributed by atoms with Gasteiger partial charge in [-0.1, -0.05) is 44.2 Å². The van der Waals surface area contributed by atoms with Crippen LogP contribution in [0, 0.1) is 6.92 Å². The Morgan fingerprint density at radius 2 is 1.63 bits per heavy atom. The molecular weight excluding hydrogens is 440 g/mol. The summed E-state index contributed by atoms with van der Waals surface area (Å²) in [5.41, 5.74) is 3.16. The summed E-state index contributed by atoms with van der Waals surface area (Å²) in [4.78, 5) is 28.4. The van der Waals surface area contributed by atoms with Crippen molar-refractivity contribution in [3.8, 4) is 11.5 Å². The van der Waals surface area contributed by atoms with Crippen LogP contribution in [-0.2, 0) is 22.6 Å². The third-order valence-corrected chi connectivity index (χ3v) is 6.22. The molecule has 0 saturated heterocycles. The zero-order chi connectivity index (χ0) is 25.8. The number of nitrogens with one attached hydrogen (secondary N) is 1. The van der Waals surface area contributed by atoms with Gasteiger partial charge in [-0.25, -0.2) is 0 Å². The number of hydrogen-bond acceptors (Lipinski definition) is 4. The Hall–Kier alpha value is -3.02. The molecule has 0 radical (unpaired) electrons. The summed E-state index contributed by atoms with van der Waals surface area (Å²) in [6, 6.07) is 13.4. The SMILES string of the molecule is CCOc1ccc(CCC(=O)N(Cc2ccccc2C)C(CC)C(=O)NC(C)CC)cc1OCC. The van der Waals surface area contributed by atoms with Crippen molar-refractivity contribution in [1.82, 2.24) is 10.2 Å². The van der Waals surface area contributed by atoms with Crippen LogP contribution in [0.1, 0.15) is 70.6 Å². The first-order chi connectivity index (χ1) is 16.8. The molecule has 0 aromatic heterocycles. The Bertz CT molecular complexity index is 959. The Balaban J connectivity index is 2.25. The highest BCUT2D eigenvalue weighted by Gasteiger charge is 2.29. The topological polar surface area (TPSA) is 67.9 Å². The van der Waals surface area contributed by atoms with Crippen LogP contribution >= 0.6 is 0 Å². The third-order valence-electron chi connectivity index (χ3n) is 6.22. The molecule has 0 bridgehead atoms. The van der Waals surface area contributed by atoms with E-state index in [1.807, 2.05) is 84.0 Å². The van der Waals surface area contributed by atoms with Gasteiger partial charge in [0.05, 0.1) is 13.2 Å². The molecule has 0 aliphatic carbocycles. The molecule has 35 heavy (non-hydrogen) atoms. The van der Waals surface area contributed by atoms with Crippen LogP contribution in [0.4, 0.5) is 0 Å². The molecule has 0 aliphatic heterocycles. The summed E-state index contributed by atoms with van der Waals surface area (Å²) in [5.74, 6) is 1.27. The van der Waals surface area contributed by atoms with Crippen molar-refractivity contribution >= 4 is 11.8 Å². The number of benzene rings is 2. The highest BCUT2D eigenvalue weighted by molar-refractivity contribution is 5.88. The Morgan fingerprint density at radius 1 is 0.943 bits per heavy atom. The first kappa shape index (κ1) is 28.2. The van der Waals surface area contributed by atoms with Gasteiger partial charge in [0.2, 0.25) is 11.8 Å². The summed E-state index contributed by atoms with van der Waals surface area (Å²) in [7, 11) is 0. The van der Waals surface area contributed by atoms with Crippen LogP contribution in [0.3, 0.4) is 0 Å². The second-order valence-corrected chi connectivity index (χ2v) is 8.84. The van der Waals surface area contributed by atoms with E-state index in [0.717, 1.165) is 23.1 Å². The van der Waals surface area contributed by atoms with Crippen molar-refractivity contribution in [1.29, 1.82) is 0 Å². The number of rotatable bonds is 14. The van der Waals surface area contributed by atoms with Gasteiger partial charge >= 0.3 is 0 Å². The summed E-state index contributed by atoms with van der Waals surface area (Å²) in [6.45, 7) is 13.4. The van der Waals surface area contributed by atoms with Crippen LogP contribution in [0.15, 0.2) is 42.5 Å². The van der Waals surface area contributed by atoms with Crippen molar-refractivity contribution in [3.63, 3.8) is 0 Å². The van der Waals surface area contributed by atoms with E-state index < -0.39 is 6.04 Å². The lowest BCUT2D eigenvalue weighted by Gasteiger charge is -2.32. The lowest BCUT2D eigenvalue weighted by molar-refractivity contribution is -0.141. The van der Waals surface area contributed by atoms with Crippen LogP contribution in [0.2, 0.25) is 0 Å². The van der Waals surface area contributed by atoms with Gasteiger partial charge in [-0.15, -0.1) is 0 Å². The molecule has 0 saturated carbocycles. The van der Waals surface area contributed by atoms with Gasteiger partial charge in [-0.2, -0.15) is 0 Å². The van der Waals surface area contributed by atoms with Crippen molar-refractivity contribution in [3.05, 3.63) is 59.2 Å². The predicted octanol–water partition coefficient (Wildman–Crippen LogP) is 5.45. The molecule has 6 nitrogen and oxygen atoms in total. The lowest BCUT2D eigenvalue weighted by atomic mass is 10.0. The fraction of sp³-hybridized carbons (Fsp3) is 0.517. The largest absolute Gasteiger partial charge is 0.490 e. The van der Waals surface area contributed by atoms with Gasteiger partial charge < -0.3 is 19.7 Å². The van der Waals surface area contributed by atoms with Crippen molar-refractivity contribution in [2.75, 3.05) is 13.2 Å². The number of hydrogen-bond donors (Lipinski definition) is 1. The van der Waals surface area contributed by atoms with E-state index in [1.54, 1.807) is 4.90 Å². The summed E-state index contributed by atoms with van der Waals surface area (Å²) < 4.78 is 11.4. The maximum atomic E-state index is 13.6. The molecule has 2 aromatic rings. The van der Waals surface area contributed by atoms with Crippen LogP contribution in [0.5, 0.6) is 11.5 Å². The van der Waals surface area contributed by atoms with Crippen LogP contribution in [-0.4, -0.2) is 42.0 Å². The fourth-order valence-corrected chi connectivity index (χ4v) is 3.98. The molecule has 2 amide bonds. The Labute approximate surface area is 211 Å². The van der Waals surface area contributed by atoms with Crippen LogP contribution < -0.4 is 14.8 Å². The van der Waals surface area contributed by atoms with E-state index in [0.29, 0.717) is 50.5 Å². The zero-order valence-corrected chi connectivity index (χ0v) is 22.2. The molecular formula is C29H42N2O4. The molecule has 0 fully saturated rings. The first-order valence-electron chi connectivity index (χ1n) is 12.9. The average Bonchev–Trinajstić information content (AvgIpc) is 2.85. The smallest absolute Gasteiger partial charge is 0.243 e. The minimum atomic E-state index is -0.518. The maximum absolute atomic E-state index is 13.6. The summed E-state index contributed by atoms with van der Waals surface area (Å²) in [6.07, 6.45) is 2.25. The number of aryl methyl sites for hydroxylation is 2. The zero-order valence-electron chi connectivity index (χ0n) is 22.2. The van der Waals surface area contributed by atoms with Gasteiger partial charge in [-0.3, -0.25) is 9.59 Å². The Morgan fingerprint density at radius 3 is 2.26 bits per heavy atom. The fourth-order valence-electron chi connectivity index (χ4n) is 3.98. The van der Waals surface area contributed by atoms with E-state index in [4.69, 9.17) is 9.47 Å². The highest BCUT2D eigenvalue weighted by Crippen LogP contribution is 2.29. The minimum absolute atomic E-state index is 0.0359. The molecule has 0 spiro atoms. The second kappa shape index (κ2) is 14.4. The first-order valence-corrected chi connectivity index (χ1v) is 12.9. The number of ether oxygens (including phenoxy) is 2. The molecule has 2 atom stereocenters. The molecule has 2 unspecified atom stereocenters. The third kappa shape index (κ3) is 8.30. The molecule has 0 aliphatic rings.